The van der Waals surface area contributed by atoms with Crippen LogP contribution in [0, 0.1) is 18.7 Å². The minimum Gasteiger partial charge on any atom is -0.307 e. The van der Waals surface area contributed by atoms with Crippen LogP contribution in [0.5, 0.6) is 0 Å². The molecule has 1 aliphatic heterocycles. The number of benzene rings is 1. The van der Waals surface area contributed by atoms with Crippen LogP contribution in [0.4, 0.5) is 4.39 Å². The first-order chi connectivity index (χ1) is 7.63. The van der Waals surface area contributed by atoms with Gasteiger partial charge in [0, 0.05) is 12.5 Å². The Hall–Kier alpha value is -1.22. The molecule has 86 valence electrons. The number of halogens is 1. The van der Waals surface area contributed by atoms with Crippen molar-refractivity contribution in [1.29, 1.82) is 0 Å². The van der Waals surface area contributed by atoms with Gasteiger partial charge < -0.3 is 10.1 Å². The summed E-state index contributed by atoms with van der Waals surface area (Å²) in [7, 11) is 0. The van der Waals surface area contributed by atoms with E-state index in [1.54, 1.807) is 6.07 Å². The molecule has 1 aromatic rings. The molecule has 0 radical (unpaired) electrons. The molecule has 3 heteroatoms. The number of aryl methyl sites for hydroxylation is 1. The highest BCUT2D eigenvalue weighted by Crippen LogP contribution is 2.32. The summed E-state index contributed by atoms with van der Waals surface area (Å²) in [4.78, 5) is 10.8. The standard InChI is InChI=1S/C13H16FNO/c1-8-3-4-10(12(14)5-8)11-6-15-13(7-16)9(11)2/h3-5,7,9,11,13,15H,6H2,1-2H3/t9-,11?,13?/m0/s1. The lowest BCUT2D eigenvalue weighted by Crippen LogP contribution is -2.26. The highest BCUT2D eigenvalue weighted by Gasteiger charge is 2.34. The largest absolute Gasteiger partial charge is 0.307 e. The lowest BCUT2D eigenvalue weighted by atomic mass is 9.86. The Labute approximate surface area is 94.9 Å². The van der Waals surface area contributed by atoms with Gasteiger partial charge in [-0.05, 0) is 30.0 Å². The van der Waals surface area contributed by atoms with Gasteiger partial charge in [-0.15, -0.1) is 0 Å². The molecule has 1 heterocycles. The Morgan fingerprint density at radius 3 is 2.81 bits per heavy atom. The molecule has 16 heavy (non-hydrogen) atoms. The van der Waals surface area contributed by atoms with E-state index in [0.717, 1.165) is 17.4 Å². The van der Waals surface area contributed by atoms with Crippen molar-refractivity contribution in [3.63, 3.8) is 0 Å². The minimum absolute atomic E-state index is 0.0933. The Morgan fingerprint density at radius 1 is 1.50 bits per heavy atom. The lowest BCUT2D eigenvalue weighted by Gasteiger charge is -2.17. The van der Waals surface area contributed by atoms with E-state index in [-0.39, 0.29) is 23.7 Å². The van der Waals surface area contributed by atoms with Crippen LogP contribution in [0.15, 0.2) is 18.2 Å². The Kier molecular flexibility index (Phi) is 3.06. The first-order valence-electron chi connectivity index (χ1n) is 5.58. The van der Waals surface area contributed by atoms with Gasteiger partial charge >= 0.3 is 0 Å². The van der Waals surface area contributed by atoms with E-state index in [2.05, 4.69) is 5.32 Å². The quantitative estimate of drug-likeness (QED) is 0.774. The molecule has 0 saturated carbocycles. The van der Waals surface area contributed by atoms with Crippen molar-refractivity contribution < 1.29 is 9.18 Å². The summed E-state index contributed by atoms with van der Waals surface area (Å²) in [5, 5.41) is 3.11. The van der Waals surface area contributed by atoms with Crippen LogP contribution in [-0.2, 0) is 4.79 Å². The summed E-state index contributed by atoms with van der Waals surface area (Å²) in [5.74, 6) is 0.0794. The molecule has 2 nitrogen and oxygen atoms in total. The molecule has 1 aliphatic rings. The molecule has 2 rings (SSSR count). The van der Waals surface area contributed by atoms with E-state index in [1.165, 1.54) is 0 Å². The van der Waals surface area contributed by atoms with E-state index < -0.39 is 0 Å². The van der Waals surface area contributed by atoms with Crippen LogP contribution >= 0.6 is 0 Å². The molecule has 0 spiro atoms. The molecule has 0 aromatic heterocycles. The second-order valence-corrected chi connectivity index (χ2v) is 4.56. The van der Waals surface area contributed by atoms with Gasteiger partial charge in [-0.1, -0.05) is 19.1 Å². The van der Waals surface area contributed by atoms with Crippen LogP contribution in [0.3, 0.4) is 0 Å². The van der Waals surface area contributed by atoms with Gasteiger partial charge in [-0.2, -0.15) is 0 Å². The Balaban J connectivity index is 2.28. The SMILES string of the molecule is Cc1ccc(C2CNC(C=O)[C@H]2C)c(F)c1. The molecule has 1 saturated heterocycles. The Morgan fingerprint density at radius 2 is 2.25 bits per heavy atom. The summed E-state index contributed by atoms with van der Waals surface area (Å²) >= 11 is 0. The van der Waals surface area contributed by atoms with Crippen molar-refractivity contribution in [3.8, 4) is 0 Å². The monoisotopic (exact) mass is 221 g/mol. The zero-order chi connectivity index (χ0) is 11.7. The van der Waals surface area contributed by atoms with E-state index >= 15 is 0 Å². The fourth-order valence-electron chi connectivity index (χ4n) is 2.38. The van der Waals surface area contributed by atoms with Crippen molar-refractivity contribution in [1.82, 2.24) is 5.32 Å². The molecule has 2 unspecified atom stereocenters. The molecule has 0 aliphatic carbocycles. The van der Waals surface area contributed by atoms with Crippen molar-refractivity contribution >= 4 is 6.29 Å². The lowest BCUT2D eigenvalue weighted by molar-refractivity contribution is -0.109. The highest BCUT2D eigenvalue weighted by atomic mass is 19.1. The van der Waals surface area contributed by atoms with Gasteiger partial charge in [0.15, 0.2) is 0 Å². The van der Waals surface area contributed by atoms with Crippen LogP contribution in [0.2, 0.25) is 0 Å². The zero-order valence-corrected chi connectivity index (χ0v) is 9.53. The molecule has 0 bridgehead atoms. The second-order valence-electron chi connectivity index (χ2n) is 4.56. The predicted octanol–water partition coefficient (Wildman–Crippen LogP) is 2.02. The summed E-state index contributed by atoms with van der Waals surface area (Å²) in [6.07, 6.45) is 0.913. The van der Waals surface area contributed by atoms with E-state index in [9.17, 15) is 9.18 Å². The van der Waals surface area contributed by atoms with Crippen molar-refractivity contribution in [2.75, 3.05) is 6.54 Å². The molecule has 1 fully saturated rings. The third-order valence-corrected chi connectivity index (χ3v) is 3.48. The van der Waals surface area contributed by atoms with Crippen LogP contribution in [0.1, 0.15) is 24.0 Å². The van der Waals surface area contributed by atoms with E-state index in [0.29, 0.717) is 6.54 Å². The molecule has 1 aromatic carbocycles. The topological polar surface area (TPSA) is 29.1 Å². The van der Waals surface area contributed by atoms with Gasteiger partial charge in [0.1, 0.15) is 12.1 Å². The average molecular weight is 221 g/mol. The summed E-state index contributed by atoms with van der Waals surface area (Å²) in [6.45, 7) is 4.53. The predicted molar refractivity (Wildman–Crippen MR) is 60.9 cm³/mol. The third kappa shape index (κ3) is 1.87. The molecule has 3 atom stereocenters. The third-order valence-electron chi connectivity index (χ3n) is 3.48. The first kappa shape index (κ1) is 11.3. The van der Waals surface area contributed by atoms with Crippen molar-refractivity contribution in [3.05, 3.63) is 35.1 Å². The number of carbonyl (C=O) groups is 1. The summed E-state index contributed by atoms with van der Waals surface area (Å²) in [6, 6.07) is 5.15. The smallest absolute Gasteiger partial charge is 0.137 e. The second kappa shape index (κ2) is 4.34. The first-order valence-corrected chi connectivity index (χ1v) is 5.58. The van der Waals surface area contributed by atoms with Gasteiger partial charge in [-0.3, -0.25) is 0 Å². The number of hydrogen-bond acceptors (Lipinski definition) is 2. The Bertz CT molecular complexity index is 405. The maximum atomic E-state index is 13.8. The highest BCUT2D eigenvalue weighted by molar-refractivity contribution is 5.59. The van der Waals surface area contributed by atoms with Gasteiger partial charge in [-0.25, -0.2) is 4.39 Å². The minimum atomic E-state index is -0.162. The van der Waals surface area contributed by atoms with E-state index in [1.807, 2.05) is 26.0 Å². The fraction of sp³-hybridized carbons (Fsp3) is 0.462. The maximum absolute atomic E-state index is 13.8. The number of aldehydes is 1. The van der Waals surface area contributed by atoms with Crippen molar-refractivity contribution in [2.24, 2.45) is 5.92 Å². The maximum Gasteiger partial charge on any atom is 0.137 e. The summed E-state index contributed by atoms with van der Waals surface area (Å²) < 4.78 is 13.8. The number of rotatable bonds is 2. The van der Waals surface area contributed by atoms with E-state index in [4.69, 9.17) is 0 Å². The van der Waals surface area contributed by atoms with Gasteiger partial charge in [0.25, 0.3) is 0 Å². The number of hydrogen-bond donors (Lipinski definition) is 1. The fourth-order valence-corrected chi connectivity index (χ4v) is 2.38. The molecular formula is C13H16FNO. The van der Waals surface area contributed by atoms with Crippen LogP contribution < -0.4 is 5.32 Å². The van der Waals surface area contributed by atoms with Crippen LogP contribution in [-0.4, -0.2) is 18.9 Å². The zero-order valence-electron chi connectivity index (χ0n) is 9.53. The van der Waals surface area contributed by atoms with Crippen molar-refractivity contribution in [2.45, 2.75) is 25.8 Å². The molecular weight excluding hydrogens is 205 g/mol. The normalized spacial score (nSPS) is 29.3. The number of nitrogens with one attached hydrogen (secondary N) is 1. The molecule has 0 amide bonds. The number of carbonyl (C=O) groups excluding carboxylic acids is 1. The van der Waals surface area contributed by atoms with Gasteiger partial charge in [0.2, 0.25) is 0 Å². The summed E-state index contributed by atoms with van der Waals surface area (Å²) in [5.41, 5.74) is 1.64. The average Bonchev–Trinajstić information content (AvgIpc) is 2.60. The molecule has 1 N–H and O–H groups in total. The van der Waals surface area contributed by atoms with Gasteiger partial charge in [0.05, 0.1) is 6.04 Å². The van der Waals surface area contributed by atoms with Crippen LogP contribution in [0.25, 0.3) is 0 Å².